The molecule has 4 nitrogen and oxygen atoms in total. The first-order valence-electron chi connectivity index (χ1n) is 12.2. The Labute approximate surface area is 208 Å². The molecule has 35 heavy (non-hydrogen) atoms. The topological polar surface area (TPSA) is 28.1 Å². The first-order chi connectivity index (χ1) is 17.3. The maximum Gasteiger partial charge on any atom is 0.120 e. The Hall–Kier alpha value is -3.89. The lowest BCUT2D eigenvalue weighted by Gasteiger charge is -2.38. The molecule has 1 saturated heterocycles. The Morgan fingerprint density at radius 2 is 1.29 bits per heavy atom. The third kappa shape index (κ3) is 6.17. The van der Waals surface area contributed by atoms with Crippen molar-refractivity contribution in [2.75, 3.05) is 26.2 Å². The van der Waals surface area contributed by atoms with Crippen molar-refractivity contribution in [3.05, 3.63) is 138 Å². The van der Waals surface area contributed by atoms with Crippen LogP contribution in [0.25, 0.3) is 0 Å². The molecule has 0 aliphatic carbocycles. The Morgan fingerprint density at radius 1 is 0.686 bits per heavy atom. The Balaban J connectivity index is 1.20. The minimum Gasteiger partial charge on any atom is -0.489 e. The van der Waals surface area contributed by atoms with Crippen molar-refractivity contribution < 1.29 is 4.74 Å². The van der Waals surface area contributed by atoms with Crippen LogP contribution in [-0.2, 0) is 6.61 Å². The van der Waals surface area contributed by atoms with Crippen LogP contribution in [0.4, 0.5) is 0 Å². The largest absolute Gasteiger partial charge is 0.489 e. The van der Waals surface area contributed by atoms with E-state index in [4.69, 9.17) is 9.84 Å². The summed E-state index contributed by atoms with van der Waals surface area (Å²) in [6.45, 7) is 4.29. The van der Waals surface area contributed by atoms with E-state index in [2.05, 4.69) is 88.8 Å². The third-order valence-corrected chi connectivity index (χ3v) is 6.36. The molecule has 1 aliphatic rings. The first kappa shape index (κ1) is 22.9. The van der Waals surface area contributed by atoms with Gasteiger partial charge < -0.3 is 4.74 Å². The fraction of sp³-hybridized carbons (Fsp3) is 0.194. The summed E-state index contributed by atoms with van der Waals surface area (Å²) in [6.07, 6.45) is 1.94. The molecule has 0 unspecified atom stereocenters. The van der Waals surface area contributed by atoms with Gasteiger partial charge in [-0.15, -0.1) is 0 Å². The van der Waals surface area contributed by atoms with Crippen LogP contribution >= 0.6 is 0 Å². The molecular formula is C31H31N3O. The second-order valence-electron chi connectivity index (χ2n) is 8.80. The molecule has 0 saturated carbocycles. The highest BCUT2D eigenvalue weighted by Crippen LogP contribution is 2.29. The Morgan fingerprint density at radius 3 is 1.91 bits per heavy atom. The van der Waals surface area contributed by atoms with E-state index < -0.39 is 0 Å². The van der Waals surface area contributed by atoms with Gasteiger partial charge in [-0.1, -0.05) is 103 Å². The van der Waals surface area contributed by atoms with Crippen LogP contribution in [-0.4, -0.2) is 42.3 Å². The van der Waals surface area contributed by atoms with E-state index in [1.807, 2.05) is 42.6 Å². The van der Waals surface area contributed by atoms with E-state index in [1.54, 1.807) is 0 Å². The van der Waals surface area contributed by atoms with Gasteiger partial charge in [0.15, 0.2) is 0 Å². The van der Waals surface area contributed by atoms with Gasteiger partial charge in [0.2, 0.25) is 0 Å². The zero-order valence-corrected chi connectivity index (χ0v) is 19.9. The van der Waals surface area contributed by atoms with Gasteiger partial charge in [0.25, 0.3) is 0 Å². The number of hydrazone groups is 1. The SMILES string of the molecule is C(=NN1CCN(C(c2ccccc2)c2ccccc2)CC1)c1cccc(OCc2ccccc2)c1. The zero-order valence-electron chi connectivity index (χ0n) is 19.9. The summed E-state index contributed by atoms with van der Waals surface area (Å²) in [5.74, 6) is 0.858. The van der Waals surface area contributed by atoms with Gasteiger partial charge in [0.1, 0.15) is 12.4 Å². The summed E-state index contributed by atoms with van der Waals surface area (Å²) in [4.78, 5) is 2.56. The molecule has 0 spiro atoms. The smallest absolute Gasteiger partial charge is 0.120 e. The second kappa shape index (κ2) is 11.5. The van der Waals surface area contributed by atoms with Gasteiger partial charge in [-0.2, -0.15) is 5.10 Å². The minimum atomic E-state index is 0.266. The number of nitrogens with zero attached hydrogens (tertiary/aromatic N) is 3. The molecule has 1 fully saturated rings. The van der Waals surface area contributed by atoms with Crippen LogP contribution in [0.3, 0.4) is 0 Å². The summed E-state index contributed by atoms with van der Waals surface area (Å²) in [7, 11) is 0. The summed E-state index contributed by atoms with van der Waals surface area (Å²) >= 11 is 0. The van der Waals surface area contributed by atoms with Crippen LogP contribution in [0, 0.1) is 0 Å². The lowest BCUT2D eigenvalue weighted by atomic mass is 9.96. The second-order valence-corrected chi connectivity index (χ2v) is 8.80. The predicted molar refractivity (Wildman–Crippen MR) is 143 cm³/mol. The highest BCUT2D eigenvalue weighted by Gasteiger charge is 2.25. The highest BCUT2D eigenvalue weighted by atomic mass is 16.5. The molecule has 176 valence electrons. The predicted octanol–water partition coefficient (Wildman–Crippen LogP) is 6.01. The maximum atomic E-state index is 5.97. The Kier molecular flexibility index (Phi) is 7.52. The number of benzene rings is 4. The summed E-state index contributed by atoms with van der Waals surface area (Å²) in [5, 5.41) is 6.95. The van der Waals surface area contributed by atoms with Crippen molar-refractivity contribution in [1.82, 2.24) is 9.91 Å². The van der Waals surface area contributed by atoms with Crippen LogP contribution in [0.2, 0.25) is 0 Å². The van der Waals surface area contributed by atoms with Crippen molar-refractivity contribution in [1.29, 1.82) is 0 Å². The van der Waals surface area contributed by atoms with E-state index in [9.17, 15) is 0 Å². The summed E-state index contributed by atoms with van der Waals surface area (Å²) < 4.78 is 5.97. The van der Waals surface area contributed by atoms with Gasteiger partial charge in [0, 0.05) is 26.2 Å². The van der Waals surface area contributed by atoms with Crippen LogP contribution in [0.5, 0.6) is 5.75 Å². The van der Waals surface area contributed by atoms with E-state index in [-0.39, 0.29) is 6.04 Å². The molecule has 4 aromatic carbocycles. The molecule has 0 radical (unpaired) electrons. The standard InChI is InChI=1S/C31H31N3O/c1-4-11-26(12-5-1)25-35-30-18-10-13-27(23-30)24-32-34-21-19-33(20-22-34)31(28-14-6-2-7-15-28)29-16-8-3-9-17-29/h1-18,23-24,31H,19-22,25H2. The average molecular weight is 462 g/mol. The number of piperazine rings is 1. The van der Waals surface area contributed by atoms with Gasteiger partial charge in [-0.3, -0.25) is 9.91 Å². The number of rotatable bonds is 8. The molecule has 1 aliphatic heterocycles. The maximum absolute atomic E-state index is 5.97. The van der Waals surface area contributed by atoms with Crippen molar-refractivity contribution >= 4 is 6.21 Å². The number of ether oxygens (including phenoxy) is 1. The fourth-order valence-electron chi connectivity index (χ4n) is 4.54. The molecule has 0 bridgehead atoms. The van der Waals surface area contributed by atoms with E-state index >= 15 is 0 Å². The van der Waals surface area contributed by atoms with Crippen LogP contribution in [0.1, 0.15) is 28.3 Å². The summed E-state index contributed by atoms with van der Waals surface area (Å²) in [6, 6.07) is 40.2. The highest BCUT2D eigenvalue weighted by molar-refractivity contribution is 5.80. The van der Waals surface area contributed by atoms with E-state index in [1.165, 1.54) is 11.1 Å². The van der Waals surface area contributed by atoms with Gasteiger partial charge in [-0.05, 0) is 34.4 Å². The van der Waals surface area contributed by atoms with Crippen molar-refractivity contribution in [2.24, 2.45) is 5.10 Å². The molecule has 0 amide bonds. The Bertz CT molecular complexity index is 1160. The van der Waals surface area contributed by atoms with Crippen molar-refractivity contribution in [2.45, 2.75) is 12.6 Å². The molecule has 0 N–H and O–H groups in total. The third-order valence-electron chi connectivity index (χ3n) is 6.36. The van der Waals surface area contributed by atoms with Gasteiger partial charge >= 0.3 is 0 Å². The number of hydrogen-bond acceptors (Lipinski definition) is 4. The number of hydrogen-bond donors (Lipinski definition) is 0. The van der Waals surface area contributed by atoms with E-state index in [0.29, 0.717) is 6.61 Å². The molecule has 1 heterocycles. The molecule has 0 atom stereocenters. The molecule has 5 rings (SSSR count). The summed E-state index contributed by atoms with van der Waals surface area (Å²) in [5.41, 5.74) is 4.88. The quantitative estimate of drug-likeness (QED) is 0.301. The molecule has 0 aromatic heterocycles. The zero-order chi connectivity index (χ0) is 23.7. The van der Waals surface area contributed by atoms with E-state index in [0.717, 1.165) is 43.1 Å². The molecule has 4 aromatic rings. The lowest BCUT2D eigenvalue weighted by molar-refractivity contribution is 0.113. The fourth-order valence-corrected chi connectivity index (χ4v) is 4.54. The van der Waals surface area contributed by atoms with Crippen LogP contribution < -0.4 is 4.74 Å². The van der Waals surface area contributed by atoms with Crippen molar-refractivity contribution in [3.63, 3.8) is 0 Å². The molecule has 4 heteroatoms. The monoisotopic (exact) mass is 461 g/mol. The van der Waals surface area contributed by atoms with Gasteiger partial charge in [-0.25, -0.2) is 0 Å². The van der Waals surface area contributed by atoms with Gasteiger partial charge in [0.05, 0.1) is 12.3 Å². The van der Waals surface area contributed by atoms with Crippen molar-refractivity contribution in [3.8, 4) is 5.75 Å². The molecular weight excluding hydrogens is 430 g/mol. The minimum absolute atomic E-state index is 0.266. The van der Waals surface area contributed by atoms with Crippen LogP contribution in [0.15, 0.2) is 120 Å². The lowest BCUT2D eigenvalue weighted by Crippen LogP contribution is -2.45. The average Bonchev–Trinajstić information content (AvgIpc) is 2.94. The normalized spacial score (nSPS) is 14.5. The first-order valence-corrected chi connectivity index (χ1v) is 12.2.